The Balaban J connectivity index is 2.39. The second kappa shape index (κ2) is 6.07. The Morgan fingerprint density at radius 3 is 2.71 bits per heavy atom. The molecule has 108 valence electrons. The molecule has 0 amide bonds. The minimum atomic E-state index is -0.207. The first kappa shape index (κ1) is 15.6. The molecule has 2 aromatic carbocycles. The molecule has 0 N–H and O–H groups in total. The average Bonchev–Trinajstić information content (AvgIpc) is 2.80. The summed E-state index contributed by atoms with van der Waals surface area (Å²) in [6, 6.07) is 11.9. The van der Waals surface area contributed by atoms with Gasteiger partial charge in [0.1, 0.15) is 5.82 Å². The maximum absolute atomic E-state index is 6.33. The second-order valence-corrected chi connectivity index (χ2v) is 7.84. The monoisotopic (exact) mass is 494 g/mol. The van der Waals surface area contributed by atoms with Crippen LogP contribution in [0, 0.1) is 3.57 Å². The highest BCUT2D eigenvalue weighted by molar-refractivity contribution is 14.1. The van der Waals surface area contributed by atoms with E-state index in [1.165, 1.54) is 0 Å². The minimum Gasteiger partial charge on any atom is -0.294 e. The molecule has 0 bridgehead atoms. The third-order valence-corrected chi connectivity index (χ3v) is 4.92. The van der Waals surface area contributed by atoms with Gasteiger partial charge in [-0.15, -0.1) is 11.6 Å². The second-order valence-electron chi connectivity index (χ2n) is 4.65. The van der Waals surface area contributed by atoms with Crippen LogP contribution in [0.25, 0.3) is 16.7 Å². The van der Waals surface area contributed by atoms with Crippen molar-refractivity contribution >= 4 is 72.8 Å². The smallest absolute Gasteiger partial charge is 0.132 e. The Labute approximate surface area is 154 Å². The number of alkyl halides is 1. The molecule has 3 rings (SSSR count). The molecule has 0 saturated heterocycles. The summed E-state index contributed by atoms with van der Waals surface area (Å²) in [5.74, 6) is 0.802. The molecule has 0 aliphatic rings. The maximum Gasteiger partial charge on any atom is 0.132 e. The van der Waals surface area contributed by atoms with E-state index in [9.17, 15) is 0 Å². The molecule has 2 nitrogen and oxygen atoms in total. The molecule has 0 radical (unpaired) electrons. The number of rotatable bonds is 2. The molecular formula is C15H10BrCl2IN2. The van der Waals surface area contributed by atoms with E-state index < -0.39 is 0 Å². The van der Waals surface area contributed by atoms with Gasteiger partial charge in [0, 0.05) is 13.1 Å². The zero-order chi connectivity index (χ0) is 15.1. The normalized spacial score (nSPS) is 12.8. The zero-order valence-electron chi connectivity index (χ0n) is 10.9. The van der Waals surface area contributed by atoms with Crippen molar-refractivity contribution in [1.82, 2.24) is 9.55 Å². The summed E-state index contributed by atoms with van der Waals surface area (Å²) < 4.78 is 4.14. The van der Waals surface area contributed by atoms with Crippen molar-refractivity contribution in [3.8, 4) is 5.69 Å². The first-order valence-corrected chi connectivity index (χ1v) is 8.93. The fourth-order valence-electron chi connectivity index (χ4n) is 2.25. The summed E-state index contributed by atoms with van der Waals surface area (Å²) in [6.07, 6.45) is 0. The van der Waals surface area contributed by atoms with Gasteiger partial charge in [0.25, 0.3) is 0 Å². The Hall–Kier alpha value is -0.300. The Morgan fingerprint density at radius 1 is 1.24 bits per heavy atom. The van der Waals surface area contributed by atoms with E-state index in [0.717, 1.165) is 30.6 Å². The number of imidazole rings is 1. The van der Waals surface area contributed by atoms with Crippen LogP contribution in [0.2, 0.25) is 5.02 Å². The first-order chi connectivity index (χ1) is 9.97. The van der Waals surface area contributed by atoms with Crippen molar-refractivity contribution in [1.29, 1.82) is 0 Å². The van der Waals surface area contributed by atoms with E-state index in [-0.39, 0.29) is 5.38 Å². The van der Waals surface area contributed by atoms with Crippen molar-refractivity contribution in [2.45, 2.75) is 12.3 Å². The third-order valence-electron chi connectivity index (χ3n) is 3.15. The molecule has 0 saturated carbocycles. The number of benzene rings is 2. The summed E-state index contributed by atoms with van der Waals surface area (Å²) in [6.45, 7) is 1.92. The number of fused-ring (bicyclic) bond motifs is 1. The van der Waals surface area contributed by atoms with E-state index in [4.69, 9.17) is 23.2 Å². The highest BCUT2D eigenvalue weighted by Crippen LogP contribution is 2.33. The van der Waals surface area contributed by atoms with Crippen molar-refractivity contribution < 1.29 is 0 Å². The van der Waals surface area contributed by atoms with Crippen molar-refractivity contribution in [3.05, 3.63) is 55.3 Å². The van der Waals surface area contributed by atoms with Crippen LogP contribution in [-0.4, -0.2) is 9.55 Å². The van der Waals surface area contributed by atoms with Crippen LogP contribution < -0.4 is 0 Å². The SMILES string of the molecule is CC(Cl)c1nc2cc(I)ccc2n1-c1cc(Cl)ccc1Br. The van der Waals surface area contributed by atoms with Crippen molar-refractivity contribution in [2.24, 2.45) is 0 Å². The number of hydrogen-bond donors (Lipinski definition) is 0. The summed E-state index contributed by atoms with van der Waals surface area (Å²) in [5, 5.41) is 0.467. The standard InChI is InChI=1S/C15H10BrCl2IN2/c1-8(17)15-20-12-7-10(19)3-5-13(12)21(15)14-6-9(18)2-4-11(14)16/h2-8H,1H3. The molecular weight excluding hydrogens is 486 g/mol. The van der Waals surface area contributed by atoms with Crippen LogP contribution in [0.4, 0.5) is 0 Å². The van der Waals surface area contributed by atoms with Gasteiger partial charge in [-0.05, 0) is 81.8 Å². The van der Waals surface area contributed by atoms with E-state index in [0.29, 0.717) is 5.02 Å². The lowest BCUT2D eigenvalue weighted by Crippen LogP contribution is -2.02. The van der Waals surface area contributed by atoms with Crippen molar-refractivity contribution in [2.75, 3.05) is 0 Å². The van der Waals surface area contributed by atoms with Crippen LogP contribution in [0.1, 0.15) is 18.1 Å². The molecule has 21 heavy (non-hydrogen) atoms. The van der Waals surface area contributed by atoms with Gasteiger partial charge in [0.2, 0.25) is 0 Å². The first-order valence-electron chi connectivity index (χ1n) is 6.25. The highest BCUT2D eigenvalue weighted by atomic mass is 127. The van der Waals surface area contributed by atoms with Gasteiger partial charge in [-0.1, -0.05) is 11.6 Å². The molecule has 1 heterocycles. The molecule has 0 fully saturated rings. The summed E-state index contributed by atoms with van der Waals surface area (Å²) in [7, 11) is 0. The summed E-state index contributed by atoms with van der Waals surface area (Å²) in [4.78, 5) is 4.68. The summed E-state index contributed by atoms with van der Waals surface area (Å²) >= 11 is 18.3. The molecule has 0 aliphatic carbocycles. The van der Waals surface area contributed by atoms with Gasteiger partial charge in [-0.25, -0.2) is 4.98 Å². The lowest BCUT2D eigenvalue weighted by molar-refractivity contribution is 0.880. The number of nitrogens with zero attached hydrogens (tertiary/aromatic N) is 2. The number of halogens is 4. The van der Waals surface area contributed by atoms with Crippen LogP contribution in [0.15, 0.2) is 40.9 Å². The fraction of sp³-hybridized carbons (Fsp3) is 0.133. The minimum absolute atomic E-state index is 0.207. The molecule has 3 aromatic rings. The number of hydrogen-bond acceptors (Lipinski definition) is 1. The lowest BCUT2D eigenvalue weighted by Gasteiger charge is -2.13. The fourth-order valence-corrected chi connectivity index (χ4v) is 3.46. The highest BCUT2D eigenvalue weighted by Gasteiger charge is 2.18. The molecule has 1 atom stereocenters. The molecule has 1 aromatic heterocycles. The van der Waals surface area contributed by atoms with Gasteiger partial charge >= 0.3 is 0 Å². The molecule has 0 aliphatic heterocycles. The van der Waals surface area contributed by atoms with E-state index >= 15 is 0 Å². The Kier molecular flexibility index (Phi) is 4.50. The average molecular weight is 496 g/mol. The quantitative estimate of drug-likeness (QED) is 0.299. The molecule has 0 spiro atoms. The molecule has 6 heteroatoms. The predicted octanol–water partition coefficient (Wildman–Crippen LogP) is 6.35. The zero-order valence-corrected chi connectivity index (χ0v) is 16.2. The van der Waals surface area contributed by atoms with Crippen LogP contribution in [0.3, 0.4) is 0 Å². The summed E-state index contributed by atoms with van der Waals surface area (Å²) in [5.41, 5.74) is 2.88. The third kappa shape index (κ3) is 2.96. The van der Waals surface area contributed by atoms with Crippen LogP contribution in [-0.2, 0) is 0 Å². The van der Waals surface area contributed by atoms with Gasteiger partial charge < -0.3 is 0 Å². The van der Waals surface area contributed by atoms with Gasteiger partial charge in [-0.3, -0.25) is 4.57 Å². The van der Waals surface area contributed by atoms with Crippen LogP contribution in [0.5, 0.6) is 0 Å². The lowest BCUT2D eigenvalue weighted by atomic mass is 10.2. The van der Waals surface area contributed by atoms with Crippen LogP contribution >= 0.6 is 61.7 Å². The Bertz CT molecular complexity index is 830. The van der Waals surface area contributed by atoms with Crippen molar-refractivity contribution in [3.63, 3.8) is 0 Å². The number of aromatic nitrogens is 2. The van der Waals surface area contributed by atoms with Gasteiger partial charge in [0.05, 0.1) is 22.1 Å². The van der Waals surface area contributed by atoms with Gasteiger partial charge in [0.15, 0.2) is 0 Å². The Morgan fingerprint density at radius 2 is 2.00 bits per heavy atom. The molecule has 1 unspecified atom stereocenters. The van der Waals surface area contributed by atoms with E-state index in [1.807, 2.05) is 31.2 Å². The van der Waals surface area contributed by atoms with Gasteiger partial charge in [-0.2, -0.15) is 0 Å². The predicted molar refractivity (Wildman–Crippen MR) is 101 cm³/mol. The largest absolute Gasteiger partial charge is 0.294 e. The maximum atomic E-state index is 6.33. The van der Waals surface area contributed by atoms with E-state index in [2.05, 4.69) is 60.2 Å². The topological polar surface area (TPSA) is 17.8 Å². The van der Waals surface area contributed by atoms with E-state index in [1.54, 1.807) is 0 Å².